The van der Waals surface area contributed by atoms with Gasteiger partial charge in [0.25, 0.3) is 0 Å². The molecule has 4 heteroatoms. The topological polar surface area (TPSA) is 41.7 Å². The summed E-state index contributed by atoms with van der Waals surface area (Å²) in [5.41, 5.74) is 6.34. The highest BCUT2D eigenvalue weighted by atomic mass is 16.5. The predicted octanol–water partition coefficient (Wildman–Crippen LogP) is 0.910. The number of piperidine rings is 1. The molecule has 2 heterocycles. The molecule has 0 spiro atoms. The molecular formula is C14H29N3O. The maximum absolute atomic E-state index is 6.13. The first kappa shape index (κ1) is 14.3. The first-order valence-electron chi connectivity index (χ1n) is 7.37. The molecule has 0 aromatic heterocycles. The maximum Gasteiger partial charge on any atom is 0.0484 e. The first-order chi connectivity index (χ1) is 8.68. The van der Waals surface area contributed by atoms with Gasteiger partial charge in [0.05, 0.1) is 0 Å². The summed E-state index contributed by atoms with van der Waals surface area (Å²) in [6, 6.07) is 0.748. The summed E-state index contributed by atoms with van der Waals surface area (Å²) in [6.07, 6.45) is 6.02. The average molecular weight is 255 g/mol. The highest BCUT2D eigenvalue weighted by molar-refractivity contribution is 4.95. The summed E-state index contributed by atoms with van der Waals surface area (Å²) in [7, 11) is 4.39. The van der Waals surface area contributed by atoms with Gasteiger partial charge in [-0.05, 0) is 46.2 Å². The lowest BCUT2D eigenvalue weighted by molar-refractivity contribution is 0.0296. The Hall–Kier alpha value is -0.160. The molecule has 0 bridgehead atoms. The molecule has 106 valence electrons. The van der Waals surface area contributed by atoms with E-state index in [1.54, 1.807) is 0 Å². The van der Waals surface area contributed by atoms with Gasteiger partial charge in [0.15, 0.2) is 0 Å². The van der Waals surface area contributed by atoms with Gasteiger partial charge in [0.1, 0.15) is 0 Å². The van der Waals surface area contributed by atoms with Crippen molar-refractivity contribution < 1.29 is 4.74 Å². The Bertz CT molecular complexity index is 241. The predicted molar refractivity (Wildman–Crippen MR) is 74.7 cm³/mol. The van der Waals surface area contributed by atoms with Gasteiger partial charge in [-0.2, -0.15) is 0 Å². The molecule has 0 amide bonds. The zero-order valence-electron chi connectivity index (χ0n) is 12.0. The van der Waals surface area contributed by atoms with Crippen molar-refractivity contribution in [2.24, 2.45) is 5.73 Å². The highest BCUT2D eigenvalue weighted by Crippen LogP contribution is 2.30. The second-order valence-electron chi connectivity index (χ2n) is 6.08. The van der Waals surface area contributed by atoms with E-state index in [-0.39, 0.29) is 5.54 Å². The molecule has 0 saturated carbocycles. The van der Waals surface area contributed by atoms with E-state index in [0.717, 1.165) is 38.6 Å². The number of likely N-dealkylation sites (tertiary alicyclic amines) is 1. The fourth-order valence-corrected chi connectivity index (χ4v) is 3.50. The Labute approximate surface area is 111 Å². The van der Waals surface area contributed by atoms with Gasteiger partial charge in [-0.25, -0.2) is 0 Å². The van der Waals surface area contributed by atoms with Crippen molar-refractivity contribution >= 4 is 0 Å². The number of hydrogen-bond acceptors (Lipinski definition) is 4. The van der Waals surface area contributed by atoms with E-state index in [1.165, 1.54) is 32.4 Å². The van der Waals surface area contributed by atoms with Crippen molar-refractivity contribution in [2.45, 2.75) is 43.7 Å². The standard InChI is InChI=1S/C14H29N3O/c1-16(2)13-4-8-17(9-5-13)14(12-15)6-3-10-18-11-7-14/h13H,3-12,15H2,1-2H3. The van der Waals surface area contributed by atoms with Crippen molar-refractivity contribution in [3.05, 3.63) is 0 Å². The largest absolute Gasteiger partial charge is 0.381 e. The molecule has 2 fully saturated rings. The molecule has 2 aliphatic rings. The molecule has 2 aliphatic heterocycles. The minimum atomic E-state index is 0.216. The molecule has 0 aromatic carbocycles. The van der Waals surface area contributed by atoms with Crippen LogP contribution in [0.25, 0.3) is 0 Å². The summed E-state index contributed by atoms with van der Waals surface area (Å²) in [5, 5.41) is 0. The van der Waals surface area contributed by atoms with Crippen molar-refractivity contribution in [2.75, 3.05) is 46.9 Å². The molecule has 2 saturated heterocycles. The van der Waals surface area contributed by atoms with Crippen LogP contribution in [0, 0.1) is 0 Å². The highest BCUT2D eigenvalue weighted by Gasteiger charge is 2.38. The van der Waals surface area contributed by atoms with Crippen LogP contribution in [0.1, 0.15) is 32.1 Å². The Morgan fingerprint density at radius 2 is 1.94 bits per heavy atom. The molecule has 0 aromatic rings. The summed E-state index contributed by atoms with van der Waals surface area (Å²) in [6.45, 7) is 4.96. The lowest BCUT2D eigenvalue weighted by Gasteiger charge is -2.47. The summed E-state index contributed by atoms with van der Waals surface area (Å²) in [5.74, 6) is 0. The van der Waals surface area contributed by atoms with Gasteiger partial charge in [0.2, 0.25) is 0 Å². The van der Waals surface area contributed by atoms with E-state index in [1.807, 2.05) is 0 Å². The van der Waals surface area contributed by atoms with E-state index in [4.69, 9.17) is 10.5 Å². The third-order valence-electron chi connectivity index (χ3n) is 4.89. The normalized spacial score (nSPS) is 32.7. The zero-order chi connectivity index (χ0) is 13.0. The number of nitrogens with two attached hydrogens (primary N) is 1. The first-order valence-corrected chi connectivity index (χ1v) is 7.37. The zero-order valence-corrected chi connectivity index (χ0v) is 12.0. The molecular weight excluding hydrogens is 226 g/mol. The van der Waals surface area contributed by atoms with Crippen LogP contribution in [0.4, 0.5) is 0 Å². The smallest absolute Gasteiger partial charge is 0.0484 e. The van der Waals surface area contributed by atoms with Gasteiger partial charge >= 0.3 is 0 Å². The fraction of sp³-hybridized carbons (Fsp3) is 1.00. The monoisotopic (exact) mass is 255 g/mol. The second-order valence-corrected chi connectivity index (χ2v) is 6.08. The minimum absolute atomic E-state index is 0.216. The number of nitrogens with zero attached hydrogens (tertiary/aromatic N) is 2. The quantitative estimate of drug-likeness (QED) is 0.814. The van der Waals surface area contributed by atoms with E-state index >= 15 is 0 Å². The molecule has 1 atom stereocenters. The SMILES string of the molecule is CN(C)C1CCN(C2(CN)CCCOCC2)CC1. The third-order valence-corrected chi connectivity index (χ3v) is 4.89. The van der Waals surface area contributed by atoms with Gasteiger partial charge in [-0.1, -0.05) is 0 Å². The van der Waals surface area contributed by atoms with Crippen LogP contribution in [0.5, 0.6) is 0 Å². The molecule has 1 unspecified atom stereocenters. The molecule has 2 N–H and O–H groups in total. The van der Waals surface area contributed by atoms with Crippen LogP contribution < -0.4 is 5.73 Å². The van der Waals surface area contributed by atoms with Crippen LogP contribution in [-0.2, 0) is 4.74 Å². The van der Waals surface area contributed by atoms with E-state index in [9.17, 15) is 0 Å². The molecule has 18 heavy (non-hydrogen) atoms. The Morgan fingerprint density at radius 1 is 1.22 bits per heavy atom. The number of hydrogen-bond donors (Lipinski definition) is 1. The Morgan fingerprint density at radius 3 is 2.56 bits per heavy atom. The van der Waals surface area contributed by atoms with Gasteiger partial charge < -0.3 is 15.4 Å². The number of rotatable bonds is 3. The van der Waals surface area contributed by atoms with E-state index in [2.05, 4.69) is 23.9 Å². The molecule has 0 aliphatic carbocycles. The van der Waals surface area contributed by atoms with Crippen LogP contribution >= 0.6 is 0 Å². The van der Waals surface area contributed by atoms with Crippen molar-refractivity contribution in [3.63, 3.8) is 0 Å². The Balaban J connectivity index is 1.96. The van der Waals surface area contributed by atoms with Crippen LogP contribution in [-0.4, -0.2) is 68.3 Å². The van der Waals surface area contributed by atoms with Gasteiger partial charge in [0, 0.05) is 44.4 Å². The summed E-state index contributed by atoms with van der Waals surface area (Å²) in [4.78, 5) is 5.02. The molecule has 0 radical (unpaired) electrons. The molecule has 4 nitrogen and oxygen atoms in total. The lowest BCUT2D eigenvalue weighted by Crippen LogP contribution is -2.58. The second kappa shape index (κ2) is 6.33. The van der Waals surface area contributed by atoms with Crippen molar-refractivity contribution in [1.29, 1.82) is 0 Å². The van der Waals surface area contributed by atoms with Crippen molar-refractivity contribution in [1.82, 2.24) is 9.80 Å². The number of ether oxygens (including phenoxy) is 1. The van der Waals surface area contributed by atoms with Crippen LogP contribution in [0.3, 0.4) is 0 Å². The minimum Gasteiger partial charge on any atom is -0.381 e. The van der Waals surface area contributed by atoms with Gasteiger partial charge in [-0.15, -0.1) is 0 Å². The summed E-state index contributed by atoms with van der Waals surface area (Å²) >= 11 is 0. The summed E-state index contributed by atoms with van der Waals surface area (Å²) < 4.78 is 5.61. The molecule has 2 rings (SSSR count). The fourth-order valence-electron chi connectivity index (χ4n) is 3.50. The maximum atomic E-state index is 6.13. The lowest BCUT2D eigenvalue weighted by atomic mass is 9.86. The van der Waals surface area contributed by atoms with Crippen LogP contribution in [0.15, 0.2) is 0 Å². The third kappa shape index (κ3) is 3.05. The van der Waals surface area contributed by atoms with E-state index < -0.39 is 0 Å². The van der Waals surface area contributed by atoms with E-state index in [0.29, 0.717) is 0 Å². The van der Waals surface area contributed by atoms with Crippen LogP contribution in [0.2, 0.25) is 0 Å². The Kier molecular flexibility index (Phi) is 5.01. The van der Waals surface area contributed by atoms with Gasteiger partial charge in [-0.3, -0.25) is 4.90 Å². The average Bonchev–Trinajstić information content (AvgIpc) is 2.65. The van der Waals surface area contributed by atoms with Crippen molar-refractivity contribution in [3.8, 4) is 0 Å².